The largest absolute Gasteiger partial charge is 1.00 e. The van der Waals surface area contributed by atoms with Crippen LogP contribution < -0.4 is 12.4 Å². The van der Waals surface area contributed by atoms with Crippen LogP contribution in [0, 0.1) is 0 Å². The topological polar surface area (TPSA) is 9.23 Å². The van der Waals surface area contributed by atoms with Gasteiger partial charge in [0, 0.05) is 0 Å². The third-order valence-corrected chi connectivity index (χ3v) is 5.08. The summed E-state index contributed by atoms with van der Waals surface area (Å²) in [6.07, 6.45) is 20.0. The third-order valence-electron chi connectivity index (χ3n) is 5.08. The Labute approximate surface area is 152 Å². The average molecular weight is 348 g/mol. The predicted molar refractivity (Wildman–Crippen MR) is 97.0 cm³/mol. The highest BCUT2D eigenvalue weighted by Gasteiger charge is 2.19. The zero-order valence-corrected chi connectivity index (χ0v) is 16.9. The molecule has 0 N–H and O–H groups in total. The van der Waals surface area contributed by atoms with E-state index in [4.69, 9.17) is 4.74 Å². The summed E-state index contributed by atoms with van der Waals surface area (Å²) in [5.41, 5.74) is 0. The first-order chi connectivity index (χ1) is 10.6. The van der Waals surface area contributed by atoms with Crippen LogP contribution in [-0.2, 0) is 4.74 Å². The van der Waals surface area contributed by atoms with Gasteiger partial charge in [-0.05, 0) is 25.7 Å². The first-order valence-electron chi connectivity index (χ1n) is 10.1. The molecule has 0 spiro atoms. The van der Waals surface area contributed by atoms with E-state index in [-0.39, 0.29) is 12.4 Å². The van der Waals surface area contributed by atoms with E-state index in [1.54, 1.807) is 0 Å². The molecule has 0 aromatic heterocycles. The highest BCUT2D eigenvalue weighted by Crippen LogP contribution is 2.20. The summed E-state index contributed by atoms with van der Waals surface area (Å²) >= 11 is 0. The Morgan fingerprint density at radius 3 is 1.87 bits per heavy atom. The number of quaternary nitrogens is 1. The number of nitrogens with zero attached hydrogens (tertiary/aromatic N) is 1. The van der Waals surface area contributed by atoms with Gasteiger partial charge in [-0.25, -0.2) is 0 Å². The zero-order valence-electron chi connectivity index (χ0n) is 16.1. The summed E-state index contributed by atoms with van der Waals surface area (Å²) in [5.74, 6) is 0. The van der Waals surface area contributed by atoms with Crippen LogP contribution in [0.1, 0.15) is 96.8 Å². The SMILES string of the molecule is CCCCCCCCCC[N+](C)(C)COC1CCCCCC1.[Cl-]. The zero-order chi connectivity index (χ0) is 16.1. The van der Waals surface area contributed by atoms with E-state index in [1.165, 1.54) is 96.4 Å². The molecule has 1 aliphatic carbocycles. The Kier molecular flexibility index (Phi) is 14.7. The average Bonchev–Trinajstić information content (AvgIpc) is 2.77. The van der Waals surface area contributed by atoms with Crippen molar-refractivity contribution in [3.63, 3.8) is 0 Å². The predicted octanol–water partition coefficient (Wildman–Crippen LogP) is 2.90. The van der Waals surface area contributed by atoms with Gasteiger partial charge in [0.05, 0.1) is 26.7 Å². The second kappa shape index (κ2) is 14.5. The van der Waals surface area contributed by atoms with Crippen molar-refractivity contribution in [1.29, 1.82) is 0 Å². The quantitative estimate of drug-likeness (QED) is 0.228. The van der Waals surface area contributed by atoms with Crippen molar-refractivity contribution in [2.75, 3.05) is 27.4 Å². The van der Waals surface area contributed by atoms with Crippen LogP contribution in [-0.4, -0.2) is 38.0 Å². The van der Waals surface area contributed by atoms with Gasteiger partial charge >= 0.3 is 0 Å². The van der Waals surface area contributed by atoms with Crippen LogP contribution >= 0.6 is 0 Å². The van der Waals surface area contributed by atoms with Crippen molar-refractivity contribution in [2.24, 2.45) is 0 Å². The maximum atomic E-state index is 6.22. The van der Waals surface area contributed by atoms with Crippen molar-refractivity contribution in [2.45, 2.75) is 103 Å². The lowest BCUT2D eigenvalue weighted by Gasteiger charge is -2.31. The summed E-state index contributed by atoms with van der Waals surface area (Å²) in [4.78, 5) is 0. The second-order valence-electron chi connectivity index (χ2n) is 8.04. The molecule has 140 valence electrons. The fourth-order valence-electron chi connectivity index (χ4n) is 3.45. The highest BCUT2D eigenvalue weighted by atomic mass is 35.5. The lowest BCUT2D eigenvalue weighted by Crippen LogP contribution is -3.00. The van der Waals surface area contributed by atoms with Gasteiger partial charge in [0.1, 0.15) is 0 Å². The minimum absolute atomic E-state index is 0. The van der Waals surface area contributed by atoms with Gasteiger partial charge in [0.15, 0.2) is 6.73 Å². The van der Waals surface area contributed by atoms with Crippen LogP contribution in [0.25, 0.3) is 0 Å². The standard InChI is InChI=1S/C20H42NO.ClH/c1-4-5-6-7-8-9-12-15-18-21(2,3)19-22-20-16-13-10-11-14-17-20;/h20H,4-19H2,1-3H3;1H/q+1;/p-1. The Hall–Kier alpha value is 0.210. The number of rotatable bonds is 12. The normalized spacial score (nSPS) is 16.8. The molecule has 0 radical (unpaired) electrons. The summed E-state index contributed by atoms with van der Waals surface area (Å²) < 4.78 is 7.26. The van der Waals surface area contributed by atoms with Crippen LogP contribution in [0.3, 0.4) is 0 Å². The summed E-state index contributed by atoms with van der Waals surface area (Å²) in [5, 5.41) is 0. The second-order valence-corrected chi connectivity index (χ2v) is 8.04. The highest BCUT2D eigenvalue weighted by molar-refractivity contribution is 4.63. The summed E-state index contributed by atoms with van der Waals surface area (Å²) in [6.45, 7) is 4.46. The Morgan fingerprint density at radius 1 is 0.783 bits per heavy atom. The van der Waals surface area contributed by atoms with E-state index in [1.807, 2.05) is 0 Å². The van der Waals surface area contributed by atoms with Gasteiger partial charge in [0.2, 0.25) is 0 Å². The number of hydrogen-bond acceptors (Lipinski definition) is 1. The molecule has 1 aliphatic rings. The summed E-state index contributed by atoms with van der Waals surface area (Å²) in [6, 6.07) is 0. The van der Waals surface area contributed by atoms with E-state index in [2.05, 4.69) is 21.0 Å². The van der Waals surface area contributed by atoms with E-state index in [9.17, 15) is 0 Å². The first kappa shape index (κ1) is 23.2. The Bertz CT molecular complexity index is 250. The molecule has 0 saturated heterocycles. The molecule has 0 heterocycles. The molecule has 0 aliphatic heterocycles. The number of unbranched alkanes of at least 4 members (excludes halogenated alkanes) is 7. The van der Waals surface area contributed by atoms with E-state index in [0.29, 0.717) is 6.10 Å². The smallest absolute Gasteiger partial charge is 0.183 e. The minimum atomic E-state index is 0. The van der Waals surface area contributed by atoms with Crippen LogP contribution in [0.5, 0.6) is 0 Å². The van der Waals surface area contributed by atoms with Gasteiger partial charge in [-0.2, -0.15) is 0 Å². The lowest BCUT2D eigenvalue weighted by molar-refractivity contribution is -0.910. The lowest BCUT2D eigenvalue weighted by atomic mass is 10.1. The van der Waals surface area contributed by atoms with Gasteiger partial charge in [-0.15, -0.1) is 0 Å². The molecule has 1 rings (SSSR count). The molecule has 0 bridgehead atoms. The molecule has 1 saturated carbocycles. The van der Waals surface area contributed by atoms with Gasteiger partial charge < -0.3 is 21.6 Å². The maximum absolute atomic E-state index is 6.22. The third kappa shape index (κ3) is 13.2. The van der Waals surface area contributed by atoms with Gasteiger partial charge in [-0.1, -0.05) is 71.1 Å². The van der Waals surface area contributed by atoms with Crippen LogP contribution in [0.2, 0.25) is 0 Å². The van der Waals surface area contributed by atoms with Crippen molar-refractivity contribution in [3.05, 3.63) is 0 Å². The van der Waals surface area contributed by atoms with Crippen molar-refractivity contribution in [3.8, 4) is 0 Å². The Balaban J connectivity index is 0.00000484. The molecule has 0 aromatic carbocycles. The fraction of sp³-hybridized carbons (Fsp3) is 1.00. The monoisotopic (exact) mass is 347 g/mol. The number of ether oxygens (including phenoxy) is 1. The molecule has 0 amide bonds. The molecule has 3 heteroatoms. The van der Waals surface area contributed by atoms with E-state index in [0.717, 1.165) is 11.2 Å². The minimum Gasteiger partial charge on any atom is -1.00 e. The molecule has 0 atom stereocenters. The van der Waals surface area contributed by atoms with Gasteiger partial charge in [0.25, 0.3) is 0 Å². The van der Waals surface area contributed by atoms with E-state index >= 15 is 0 Å². The number of hydrogen-bond donors (Lipinski definition) is 0. The first-order valence-corrected chi connectivity index (χ1v) is 10.1. The Morgan fingerprint density at radius 2 is 1.30 bits per heavy atom. The van der Waals surface area contributed by atoms with Crippen molar-refractivity contribution >= 4 is 0 Å². The van der Waals surface area contributed by atoms with Crippen molar-refractivity contribution < 1.29 is 21.6 Å². The molecule has 2 nitrogen and oxygen atoms in total. The molecule has 0 aromatic rings. The summed E-state index contributed by atoms with van der Waals surface area (Å²) in [7, 11) is 4.66. The van der Waals surface area contributed by atoms with Crippen molar-refractivity contribution in [1.82, 2.24) is 0 Å². The molecule has 1 fully saturated rings. The fourth-order valence-corrected chi connectivity index (χ4v) is 3.45. The van der Waals surface area contributed by atoms with Gasteiger partial charge in [-0.3, -0.25) is 0 Å². The molecule has 23 heavy (non-hydrogen) atoms. The van der Waals surface area contributed by atoms with Crippen LogP contribution in [0.15, 0.2) is 0 Å². The molecular formula is C20H42ClNO. The number of halogens is 1. The maximum Gasteiger partial charge on any atom is 0.183 e. The van der Waals surface area contributed by atoms with E-state index < -0.39 is 0 Å². The molecule has 0 unspecified atom stereocenters. The molecular weight excluding hydrogens is 306 g/mol. The van der Waals surface area contributed by atoms with Crippen LogP contribution in [0.4, 0.5) is 0 Å².